The van der Waals surface area contributed by atoms with Crippen molar-refractivity contribution in [3.05, 3.63) is 70.8 Å². The molecule has 2 aromatic carbocycles. The number of hydrogen-bond donors (Lipinski definition) is 1. The number of aromatic hydroxyl groups is 1. The SMILES string of the molecule is O=C(C=Cc1ccc(O)cc1Cl)OCc1ccccc1. The van der Waals surface area contributed by atoms with Crippen LogP contribution in [0.5, 0.6) is 5.75 Å². The molecule has 3 nitrogen and oxygen atoms in total. The van der Waals surface area contributed by atoms with Crippen molar-refractivity contribution in [1.29, 1.82) is 0 Å². The molecule has 0 aliphatic carbocycles. The number of carbonyl (C=O) groups excluding carboxylic acids is 1. The van der Waals surface area contributed by atoms with E-state index >= 15 is 0 Å². The van der Waals surface area contributed by atoms with E-state index in [0.717, 1.165) is 5.56 Å². The Labute approximate surface area is 122 Å². The largest absolute Gasteiger partial charge is 0.508 e. The summed E-state index contributed by atoms with van der Waals surface area (Å²) in [5, 5.41) is 9.60. The highest BCUT2D eigenvalue weighted by molar-refractivity contribution is 6.32. The van der Waals surface area contributed by atoms with Crippen LogP contribution in [0, 0.1) is 0 Å². The molecule has 0 spiro atoms. The van der Waals surface area contributed by atoms with Crippen molar-refractivity contribution < 1.29 is 14.6 Å². The number of carbonyl (C=O) groups is 1. The molecule has 0 aliphatic rings. The molecule has 0 saturated heterocycles. The van der Waals surface area contributed by atoms with Gasteiger partial charge in [-0.05, 0) is 35.4 Å². The highest BCUT2D eigenvalue weighted by Gasteiger charge is 2.01. The third kappa shape index (κ3) is 4.14. The summed E-state index contributed by atoms with van der Waals surface area (Å²) in [5.41, 5.74) is 1.57. The predicted octanol–water partition coefficient (Wildman–Crippen LogP) is 3.80. The molecule has 0 unspecified atom stereocenters. The van der Waals surface area contributed by atoms with Crippen LogP contribution in [0.15, 0.2) is 54.6 Å². The maximum absolute atomic E-state index is 11.6. The molecular weight excluding hydrogens is 276 g/mol. The van der Waals surface area contributed by atoms with Gasteiger partial charge >= 0.3 is 5.97 Å². The number of rotatable bonds is 4. The van der Waals surface area contributed by atoms with Gasteiger partial charge in [-0.25, -0.2) is 4.79 Å². The lowest BCUT2D eigenvalue weighted by atomic mass is 10.2. The molecule has 20 heavy (non-hydrogen) atoms. The first-order chi connectivity index (χ1) is 9.65. The smallest absolute Gasteiger partial charge is 0.331 e. The van der Waals surface area contributed by atoms with Crippen molar-refractivity contribution in [2.45, 2.75) is 6.61 Å². The number of halogens is 1. The summed E-state index contributed by atoms with van der Waals surface area (Å²) < 4.78 is 5.10. The van der Waals surface area contributed by atoms with Crippen LogP contribution in [0.4, 0.5) is 0 Å². The minimum Gasteiger partial charge on any atom is -0.508 e. The third-order valence-corrected chi connectivity index (χ3v) is 2.93. The van der Waals surface area contributed by atoms with Crippen LogP contribution in [0.2, 0.25) is 5.02 Å². The van der Waals surface area contributed by atoms with E-state index in [1.807, 2.05) is 30.3 Å². The Kier molecular flexibility index (Phi) is 4.80. The standard InChI is InChI=1S/C16H13ClO3/c17-15-10-14(18)8-6-13(15)7-9-16(19)20-11-12-4-2-1-3-5-12/h1-10,18H,11H2. The summed E-state index contributed by atoms with van der Waals surface area (Å²) in [6.45, 7) is 0.229. The van der Waals surface area contributed by atoms with Gasteiger partial charge in [0, 0.05) is 6.08 Å². The molecule has 4 heteroatoms. The zero-order valence-corrected chi connectivity index (χ0v) is 11.4. The zero-order chi connectivity index (χ0) is 14.4. The molecule has 0 atom stereocenters. The second-order valence-corrected chi connectivity index (χ2v) is 4.54. The normalized spacial score (nSPS) is 10.7. The van der Waals surface area contributed by atoms with E-state index in [0.29, 0.717) is 10.6 Å². The molecule has 0 aromatic heterocycles. The third-order valence-electron chi connectivity index (χ3n) is 2.61. The number of ether oxygens (including phenoxy) is 1. The minimum absolute atomic E-state index is 0.0822. The molecule has 0 amide bonds. The topological polar surface area (TPSA) is 46.5 Å². The van der Waals surface area contributed by atoms with Crippen LogP contribution in [-0.2, 0) is 16.1 Å². The molecule has 2 aromatic rings. The van der Waals surface area contributed by atoms with Crippen molar-refractivity contribution in [3.8, 4) is 5.75 Å². The molecule has 0 fully saturated rings. The maximum atomic E-state index is 11.6. The first kappa shape index (κ1) is 14.2. The predicted molar refractivity (Wildman–Crippen MR) is 78.4 cm³/mol. The monoisotopic (exact) mass is 288 g/mol. The Morgan fingerprint density at radius 3 is 2.65 bits per heavy atom. The first-order valence-electron chi connectivity index (χ1n) is 6.02. The van der Waals surface area contributed by atoms with Gasteiger partial charge in [0.2, 0.25) is 0 Å². The fraction of sp³-hybridized carbons (Fsp3) is 0.0625. The van der Waals surface area contributed by atoms with Crippen LogP contribution >= 0.6 is 11.6 Å². The van der Waals surface area contributed by atoms with E-state index in [4.69, 9.17) is 16.3 Å². The van der Waals surface area contributed by atoms with Crippen LogP contribution in [0.25, 0.3) is 6.08 Å². The molecule has 0 bridgehead atoms. The van der Waals surface area contributed by atoms with Crippen LogP contribution in [-0.4, -0.2) is 11.1 Å². The van der Waals surface area contributed by atoms with E-state index in [9.17, 15) is 9.90 Å². The summed E-state index contributed by atoms with van der Waals surface area (Å²) in [7, 11) is 0. The highest BCUT2D eigenvalue weighted by atomic mass is 35.5. The number of benzene rings is 2. The average Bonchev–Trinajstić information content (AvgIpc) is 2.45. The Morgan fingerprint density at radius 2 is 1.95 bits per heavy atom. The number of hydrogen-bond acceptors (Lipinski definition) is 3. The lowest BCUT2D eigenvalue weighted by Gasteiger charge is -2.02. The fourth-order valence-corrected chi connectivity index (χ4v) is 1.82. The summed E-state index contributed by atoms with van der Waals surface area (Å²) in [5.74, 6) is -0.364. The second kappa shape index (κ2) is 6.78. The Morgan fingerprint density at radius 1 is 1.20 bits per heavy atom. The Bertz CT molecular complexity index is 621. The van der Waals surface area contributed by atoms with Crippen LogP contribution in [0.1, 0.15) is 11.1 Å². The molecule has 0 saturated carbocycles. The van der Waals surface area contributed by atoms with Gasteiger partial charge in [0.1, 0.15) is 12.4 Å². The molecule has 102 valence electrons. The Balaban J connectivity index is 1.92. The quantitative estimate of drug-likeness (QED) is 0.687. The van der Waals surface area contributed by atoms with Gasteiger partial charge in [-0.15, -0.1) is 0 Å². The van der Waals surface area contributed by atoms with Crippen molar-refractivity contribution >= 4 is 23.6 Å². The minimum atomic E-state index is -0.446. The van der Waals surface area contributed by atoms with Crippen molar-refractivity contribution in [3.63, 3.8) is 0 Å². The average molecular weight is 289 g/mol. The number of esters is 1. The van der Waals surface area contributed by atoms with Crippen molar-refractivity contribution in [2.75, 3.05) is 0 Å². The molecule has 0 aliphatic heterocycles. The Hall–Kier alpha value is -2.26. The van der Waals surface area contributed by atoms with Gasteiger partial charge < -0.3 is 9.84 Å². The van der Waals surface area contributed by atoms with Crippen molar-refractivity contribution in [2.24, 2.45) is 0 Å². The summed E-state index contributed by atoms with van der Waals surface area (Å²) in [4.78, 5) is 11.6. The van der Waals surface area contributed by atoms with Gasteiger partial charge in [0.25, 0.3) is 0 Å². The number of phenols is 1. The lowest BCUT2D eigenvalue weighted by molar-refractivity contribution is -0.138. The molecular formula is C16H13ClO3. The summed E-state index contributed by atoms with van der Waals surface area (Å²) >= 11 is 5.92. The van der Waals surface area contributed by atoms with Gasteiger partial charge in [-0.3, -0.25) is 0 Å². The highest BCUT2D eigenvalue weighted by Crippen LogP contribution is 2.22. The van der Waals surface area contributed by atoms with Gasteiger partial charge in [0.05, 0.1) is 5.02 Å². The van der Waals surface area contributed by atoms with E-state index in [1.54, 1.807) is 12.1 Å². The van der Waals surface area contributed by atoms with E-state index in [-0.39, 0.29) is 12.4 Å². The number of phenolic OH excluding ortho intramolecular Hbond substituents is 1. The summed E-state index contributed by atoms with van der Waals surface area (Å²) in [6.07, 6.45) is 2.86. The molecule has 0 heterocycles. The maximum Gasteiger partial charge on any atom is 0.331 e. The molecule has 2 rings (SSSR count). The van der Waals surface area contributed by atoms with E-state index in [1.165, 1.54) is 18.2 Å². The summed E-state index contributed by atoms with van der Waals surface area (Å²) in [6, 6.07) is 14.0. The second-order valence-electron chi connectivity index (χ2n) is 4.13. The van der Waals surface area contributed by atoms with Crippen molar-refractivity contribution in [1.82, 2.24) is 0 Å². The fourth-order valence-electron chi connectivity index (χ4n) is 1.59. The van der Waals surface area contributed by atoms with Gasteiger partial charge in [-0.2, -0.15) is 0 Å². The zero-order valence-electron chi connectivity index (χ0n) is 10.6. The lowest BCUT2D eigenvalue weighted by Crippen LogP contribution is -2.00. The van der Waals surface area contributed by atoms with Crippen LogP contribution in [0.3, 0.4) is 0 Å². The molecule has 1 N–H and O–H groups in total. The van der Waals surface area contributed by atoms with Gasteiger partial charge in [0.15, 0.2) is 0 Å². The van der Waals surface area contributed by atoms with E-state index in [2.05, 4.69) is 0 Å². The molecule has 0 radical (unpaired) electrons. The van der Waals surface area contributed by atoms with E-state index < -0.39 is 5.97 Å². The van der Waals surface area contributed by atoms with Crippen LogP contribution < -0.4 is 0 Å². The van der Waals surface area contributed by atoms with Gasteiger partial charge in [-0.1, -0.05) is 41.9 Å². The first-order valence-corrected chi connectivity index (χ1v) is 6.40.